The van der Waals surface area contributed by atoms with Gasteiger partial charge in [0.15, 0.2) is 0 Å². The first kappa shape index (κ1) is 21.3. The van der Waals surface area contributed by atoms with Crippen LogP contribution < -0.4 is 0 Å². The van der Waals surface area contributed by atoms with Crippen LogP contribution in [0.4, 0.5) is 0 Å². The number of hydrogen-bond donors (Lipinski definition) is 2. The van der Waals surface area contributed by atoms with E-state index in [1.807, 2.05) is 12.1 Å². The molecule has 0 aromatic heterocycles. The zero-order valence-electron chi connectivity index (χ0n) is 15.7. The van der Waals surface area contributed by atoms with Gasteiger partial charge in [-0.3, -0.25) is 0 Å². The van der Waals surface area contributed by atoms with E-state index in [0.717, 1.165) is 50.5 Å². The number of rotatable bonds is 14. The van der Waals surface area contributed by atoms with Crippen molar-refractivity contribution in [3.63, 3.8) is 0 Å². The molecule has 0 heterocycles. The highest BCUT2D eigenvalue weighted by Gasteiger charge is 2.21. The number of aromatic carboxylic acids is 1. The first-order chi connectivity index (χ1) is 12.1. The lowest BCUT2D eigenvalue weighted by Gasteiger charge is -2.20. The molecule has 3 nitrogen and oxygen atoms in total. The summed E-state index contributed by atoms with van der Waals surface area (Å²) in [5.41, 5.74) is 0.888. The van der Waals surface area contributed by atoms with Crippen molar-refractivity contribution in [1.29, 1.82) is 0 Å². The standard InChI is InChI=1S/C22H34O3/c1-3-5-7-9-11-14-18(15-12-10-8-6-4-2)19-16-13-17-20(23)21(19)22(24)25/h3,13,16-18,23H,1,4-12,14-15H2,2H3,(H,24,25). The summed E-state index contributed by atoms with van der Waals surface area (Å²) >= 11 is 0. The summed E-state index contributed by atoms with van der Waals surface area (Å²) in [5, 5.41) is 19.5. The largest absolute Gasteiger partial charge is 0.507 e. The fourth-order valence-corrected chi connectivity index (χ4v) is 3.44. The predicted molar refractivity (Wildman–Crippen MR) is 104 cm³/mol. The van der Waals surface area contributed by atoms with Crippen LogP contribution in [-0.4, -0.2) is 16.2 Å². The fourth-order valence-electron chi connectivity index (χ4n) is 3.44. The lowest BCUT2D eigenvalue weighted by molar-refractivity contribution is 0.0691. The second-order valence-corrected chi connectivity index (χ2v) is 6.87. The molecule has 0 saturated carbocycles. The number of aromatic hydroxyl groups is 1. The minimum Gasteiger partial charge on any atom is -0.507 e. The van der Waals surface area contributed by atoms with Crippen LogP contribution in [0.15, 0.2) is 30.9 Å². The lowest BCUT2D eigenvalue weighted by atomic mass is 9.85. The molecule has 0 spiro atoms. The molecule has 0 radical (unpaired) electrons. The Kier molecular flexibility index (Phi) is 10.7. The summed E-state index contributed by atoms with van der Waals surface area (Å²) < 4.78 is 0. The molecule has 25 heavy (non-hydrogen) atoms. The minimum absolute atomic E-state index is 0.0900. The van der Waals surface area contributed by atoms with Crippen LogP contribution in [-0.2, 0) is 0 Å². The van der Waals surface area contributed by atoms with Gasteiger partial charge in [-0.15, -0.1) is 6.58 Å². The van der Waals surface area contributed by atoms with Crippen molar-refractivity contribution < 1.29 is 15.0 Å². The van der Waals surface area contributed by atoms with Crippen LogP contribution in [0.3, 0.4) is 0 Å². The van der Waals surface area contributed by atoms with Crippen LogP contribution >= 0.6 is 0 Å². The van der Waals surface area contributed by atoms with E-state index in [-0.39, 0.29) is 17.2 Å². The Morgan fingerprint density at radius 2 is 1.72 bits per heavy atom. The van der Waals surface area contributed by atoms with Gasteiger partial charge in [0.05, 0.1) is 0 Å². The quantitative estimate of drug-likeness (QED) is 0.292. The number of carboxylic acid groups (broad SMARTS) is 1. The van der Waals surface area contributed by atoms with E-state index in [0.29, 0.717) is 0 Å². The van der Waals surface area contributed by atoms with E-state index >= 15 is 0 Å². The van der Waals surface area contributed by atoms with Gasteiger partial charge in [0, 0.05) is 0 Å². The molecule has 1 aromatic carbocycles. The van der Waals surface area contributed by atoms with E-state index in [9.17, 15) is 15.0 Å². The van der Waals surface area contributed by atoms with Gasteiger partial charge in [-0.05, 0) is 43.2 Å². The molecular weight excluding hydrogens is 312 g/mol. The third-order valence-electron chi connectivity index (χ3n) is 4.85. The van der Waals surface area contributed by atoms with Gasteiger partial charge in [-0.2, -0.15) is 0 Å². The van der Waals surface area contributed by atoms with Gasteiger partial charge >= 0.3 is 5.97 Å². The second-order valence-electron chi connectivity index (χ2n) is 6.87. The van der Waals surface area contributed by atoms with Crippen LogP contribution in [0, 0.1) is 0 Å². The van der Waals surface area contributed by atoms with Gasteiger partial charge < -0.3 is 10.2 Å². The minimum atomic E-state index is -1.03. The third-order valence-corrected chi connectivity index (χ3v) is 4.85. The van der Waals surface area contributed by atoms with Gasteiger partial charge in [0.25, 0.3) is 0 Å². The highest BCUT2D eigenvalue weighted by molar-refractivity contribution is 5.92. The number of carbonyl (C=O) groups is 1. The molecule has 2 N–H and O–H groups in total. The van der Waals surface area contributed by atoms with Crippen molar-refractivity contribution in [1.82, 2.24) is 0 Å². The summed E-state index contributed by atoms with van der Waals surface area (Å²) in [6.07, 6.45) is 14.4. The summed E-state index contributed by atoms with van der Waals surface area (Å²) in [6.45, 7) is 5.96. The Balaban J connectivity index is 2.77. The predicted octanol–water partition coefficient (Wildman–Crippen LogP) is 6.67. The van der Waals surface area contributed by atoms with Gasteiger partial charge in [-0.25, -0.2) is 4.79 Å². The Labute approximate surface area is 152 Å². The van der Waals surface area contributed by atoms with Gasteiger partial charge in [-0.1, -0.05) is 70.1 Å². The third kappa shape index (κ3) is 7.76. The van der Waals surface area contributed by atoms with Crippen LogP contribution in [0.25, 0.3) is 0 Å². The Morgan fingerprint density at radius 3 is 2.32 bits per heavy atom. The molecule has 0 saturated heterocycles. The van der Waals surface area contributed by atoms with E-state index in [1.54, 1.807) is 6.07 Å². The number of allylic oxidation sites excluding steroid dienone is 1. The Bertz CT molecular complexity index is 522. The molecule has 0 bridgehead atoms. The first-order valence-corrected chi connectivity index (χ1v) is 9.77. The summed E-state index contributed by atoms with van der Waals surface area (Å²) in [7, 11) is 0. The first-order valence-electron chi connectivity index (χ1n) is 9.77. The Morgan fingerprint density at radius 1 is 1.08 bits per heavy atom. The topological polar surface area (TPSA) is 57.5 Å². The molecule has 0 aliphatic heterocycles. The zero-order valence-corrected chi connectivity index (χ0v) is 15.7. The molecule has 140 valence electrons. The molecule has 1 aromatic rings. The van der Waals surface area contributed by atoms with Crippen molar-refractivity contribution >= 4 is 5.97 Å². The van der Waals surface area contributed by atoms with Crippen molar-refractivity contribution in [3.05, 3.63) is 42.0 Å². The maximum atomic E-state index is 11.6. The van der Waals surface area contributed by atoms with Crippen molar-refractivity contribution in [2.75, 3.05) is 0 Å². The van der Waals surface area contributed by atoms with Crippen molar-refractivity contribution in [3.8, 4) is 5.75 Å². The van der Waals surface area contributed by atoms with Crippen LogP contribution in [0.1, 0.15) is 99.4 Å². The number of benzene rings is 1. The monoisotopic (exact) mass is 346 g/mol. The molecule has 3 heteroatoms. The highest BCUT2D eigenvalue weighted by atomic mass is 16.4. The molecular formula is C22H34O3. The fraction of sp³-hybridized carbons (Fsp3) is 0.591. The van der Waals surface area contributed by atoms with Gasteiger partial charge in [0.1, 0.15) is 11.3 Å². The highest BCUT2D eigenvalue weighted by Crippen LogP contribution is 2.34. The van der Waals surface area contributed by atoms with E-state index < -0.39 is 5.97 Å². The normalized spacial score (nSPS) is 12.0. The summed E-state index contributed by atoms with van der Waals surface area (Å²) in [4.78, 5) is 11.6. The second kappa shape index (κ2) is 12.6. The van der Waals surface area contributed by atoms with E-state index in [4.69, 9.17) is 0 Å². The molecule has 0 aliphatic rings. The number of phenols is 1. The maximum Gasteiger partial charge on any atom is 0.339 e. The van der Waals surface area contributed by atoms with E-state index in [1.165, 1.54) is 31.7 Å². The lowest BCUT2D eigenvalue weighted by Crippen LogP contribution is -2.08. The van der Waals surface area contributed by atoms with Crippen molar-refractivity contribution in [2.24, 2.45) is 0 Å². The number of carboxylic acids is 1. The molecule has 0 aliphatic carbocycles. The summed E-state index contributed by atoms with van der Waals surface area (Å²) in [5.74, 6) is -0.938. The SMILES string of the molecule is C=CCCCCCC(CCCCCCC)c1cccc(O)c1C(=O)O. The average Bonchev–Trinajstić information content (AvgIpc) is 2.59. The molecule has 1 rings (SSSR count). The summed E-state index contributed by atoms with van der Waals surface area (Å²) in [6, 6.07) is 5.11. The zero-order chi connectivity index (χ0) is 18.5. The smallest absolute Gasteiger partial charge is 0.339 e. The molecule has 0 fully saturated rings. The van der Waals surface area contributed by atoms with Crippen LogP contribution in [0.2, 0.25) is 0 Å². The molecule has 1 atom stereocenters. The van der Waals surface area contributed by atoms with Gasteiger partial charge in [0.2, 0.25) is 0 Å². The van der Waals surface area contributed by atoms with E-state index in [2.05, 4.69) is 13.5 Å². The number of hydrogen-bond acceptors (Lipinski definition) is 2. The average molecular weight is 347 g/mol. The van der Waals surface area contributed by atoms with Crippen molar-refractivity contribution in [2.45, 2.75) is 83.5 Å². The Hall–Kier alpha value is -1.77. The maximum absolute atomic E-state index is 11.6. The number of unbranched alkanes of at least 4 members (excludes halogenated alkanes) is 7. The van der Waals surface area contributed by atoms with Crippen LogP contribution in [0.5, 0.6) is 5.75 Å². The molecule has 1 unspecified atom stereocenters. The molecule has 0 amide bonds.